The van der Waals surface area contributed by atoms with Gasteiger partial charge < -0.3 is 10.6 Å². The minimum Gasteiger partial charge on any atom is -0.367 e. The number of aryl methyl sites for hydroxylation is 1. The summed E-state index contributed by atoms with van der Waals surface area (Å²) in [6.45, 7) is 2.88. The highest BCUT2D eigenvalue weighted by atomic mass is 79.9. The number of carbonyl (C=O) groups excluding carboxylic acids is 1. The number of nitrogens with zero attached hydrogens (tertiary/aromatic N) is 1. The van der Waals surface area contributed by atoms with E-state index in [-0.39, 0.29) is 16.6 Å². The highest BCUT2D eigenvalue weighted by molar-refractivity contribution is 9.10. The second kappa shape index (κ2) is 10.3. The van der Waals surface area contributed by atoms with Crippen molar-refractivity contribution in [2.75, 3.05) is 11.9 Å². The number of rotatable bonds is 7. The Kier molecular flexibility index (Phi) is 7.91. The average Bonchev–Trinajstić information content (AvgIpc) is 3.07. The van der Waals surface area contributed by atoms with Gasteiger partial charge in [0.15, 0.2) is 5.82 Å². The summed E-state index contributed by atoms with van der Waals surface area (Å²) in [5.74, 6) is 0.670. The quantitative estimate of drug-likeness (QED) is 0.406. The number of alkyl halides is 3. The summed E-state index contributed by atoms with van der Waals surface area (Å²) >= 11 is 9.54. The number of nitrogens with one attached hydrogen (secondary N) is 3. The molecule has 0 spiro atoms. The van der Waals surface area contributed by atoms with Crippen LogP contribution in [-0.4, -0.2) is 28.7 Å². The Bertz CT molecular complexity index is 911. The topological polar surface area (TPSA) is 69.8 Å². The van der Waals surface area contributed by atoms with Crippen molar-refractivity contribution in [2.24, 2.45) is 5.92 Å². The van der Waals surface area contributed by atoms with E-state index >= 15 is 0 Å². The first-order valence-corrected chi connectivity index (χ1v) is 11.5. The first-order valence-electron chi connectivity index (χ1n) is 10.3. The van der Waals surface area contributed by atoms with Crippen molar-refractivity contribution in [3.8, 4) is 0 Å². The van der Waals surface area contributed by atoms with E-state index < -0.39 is 17.6 Å². The normalized spacial score (nSPS) is 19.3. The Hall–Kier alpha value is -1.74. The second-order valence-corrected chi connectivity index (χ2v) is 9.08. The molecule has 2 aromatic rings. The summed E-state index contributed by atoms with van der Waals surface area (Å²) in [5.41, 5.74) is 0.0414. The molecule has 3 N–H and O–H groups in total. The number of anilines is 1. The maximum absolute atomic E-state index is 12.9. The molecule has 1 fully saturated rings. The van der Waals surface area contributed by atoms with Gasteiger partial charge in [-0.05, 0) is 72.2 Å². The van der Waals surface area contributed by atoms with Gasteiger partial charge in [-0.2, -0.15) is 18.3 Å². The van der Waals surface area contributed by atoms with Gasteiger partial charge in [-0.3, -0.25) is 9.89 Å². The molecule has 1 aromatic carbocycles. The second-order valence-electron chi connectivity index (χ2n) is 7.88. The fourth-order valence-corrected chi connectivity index (χ4v) is 4.51. The van der Waals surface area contributed by atoms with Crippen molar-refractivity contribution in [3.05, 3.63) is 44.5 Å². The van der Waals surface area contributed by atoms with Gasteiger partial charge in [-0.25, -0.2) is 0 Å². The molecule has 1 saturated carbocycles. The third-order valence-corrected chi connectivity index (χ3v) is 6.74. The van der Waals surface area contributed by atoms with E-state index in [4.69, 9.17) is 11.6 Å². The molecule has 0 radical (unpaired) electrons. The predicted octanol–water partition coefficient (Wildman–Crippen LogP) is 6.20. The van der Waals surface area contributed by atoms with Crippen molar-refractivity contribution in [3.63, 3.8) is 0 Å². The van der Waals surface area contributed by atoms with Crippen LogP contribution in [0.1, 0.15) is 60.6 Å². The lowest BCUT2D eigenvalue weighted by Gasteiger charge is -2.29. The highest BCUT2D eigenvalue weighted by Gasteiger charge is 2.32. The van der Waals surface area contributed by atoms with E-state index in [1.54, 1.807) is 0 Å². The third kappa shape index (κ3) is 6.16. The molecule has 3 rings (SSSR count). The third-order valence-electron chi connectivity index (χ3n) is 5.55. The minimum absolute atomic E-state index is 0.00964. The van der Waals surface area contributed by atoms with Crippen LogP contribution >= 0.6 is 27.5 Å². The minimum atomic E-state index is -4.52. The van der Waals surface area contributed by atoms with Crippen LogP contribution in [0, 0.1) is 5.92 Å². The van der Waals surface area contributed by atoms with Gasteiger partial charge in [0.2, 0.25) is 0 Å². The Morgan fingerprint density at radius 3 is 2.65 bits per heavy atom. The smallest absolute Gasteiger partial charge is 0.367 e. The van der Waals surface area contributed by atoms with Gasteiger partial charge in [0.05, 0.1) is 26.3 Å². The van der Waals surface area contributed by atoms with Crippen molar-refractivity contribution < 1.29 is 18.0 Å². The summed E-state index contributed by atoms with van der Waals surface area (Å²) in [4.78, 5) is 12.5. The van der Waals surface area contributed by atoms with Gasteiger partial charge in [0, 0.05) is 12.6 Å². The lowest BCUT2D eigenvalue weighted by Crippen LogP contribution is -2.38. The number of benzene rings is 1. The van der Waals surface area contributed by atoms with Crippen LogP contribution in [0.15, 0.2) is 22.7 Å². The Labute approximate surface area is 192 Å². The molecule has 170 valence electrons. The molecule has 0 aliphatic heterocycles. The molecule has 0 saturated heterocycles. The number of amides is 1. The Morgan fingerprint density at radius 1 is 1.29 bits per heavy atom. The molecule has 1 aromatic heterocycles. The van der Waals surface area contributed by atoms with Gasteiger partial charge >= 0.3 is 6.18 Å². The number of H-pyrrole nitrogens is 1. The van der Waals surface area contributed by atoms with Crippen LogP contribution in [-0.2, 0) is 12.6 Å². The first-order chi connectivity index (χ1) is 14.7. The molecule has 10 heteroatoms. The van der Waals surface area contributed by atoms with Crippen molar-refractivity contribution in [2.45, 2.75) is 57.7 Å². The highest BCUT2D eigenvalue weighted by Crippen LogP contribution is 2.32. The van der Waals surface area contributed by atoms with E-state index in [2.05, 4.69) is 43.7 Å². The van der Waals surface area contributed by atoms with Crippen LogP contribution in [0.4, 0.5) is 19.0 Å². The van der Waals surface area contributed by atoms with Crippen molar-refractivity contribution in [1.29, 1.82) is 0 Å². The molecule has 5 nitrogen and oxygen atoms in total. The summed E-state index contributed by atoms with van der Waals surface area (Å²) < 4.78 is 39.8. The number of carbonyl (C=O) groups is 1. The summed E-state index contributed by atoms with van der Waals surface area (Å²) in [6.07, 6.45) is 0.758. The van der Waals surface area contributed by atoms with Crippen LogP contribution in [0.3, 0.4) is 0 Å². The van der Waals surface area contributed by atoms with Gasteiger partial charge in [-0.1, -0.05) is 24.9 Å². The zero-order valence-electron chi connectivity index (χ0n) is 17.1. The number of hydrogen-bond acceptors (Lipinski definition) is 3. The van der Waals surface area contributed by atoms with Gasteiger partial charge in [0.1, 0.15) is 0 Å². The van der Waals surface area contributed by atoms with Crippen molar-refractivity contribution >= 4 is 39.3 Å². The molecule has 31 heavy (non-hydrogen) atoms. The van der Waals surface area contributed by atoms with E-state index in [0.717, 1.165) is 79.3 Å². The number of hydrogen-bond donors (Lipinski definition) is 3. The number of aromatic amines is 1. The molecule has 1 aliphatic rings. The van der Waals surface area contributed by atoms with Gasteiger partial charge in [0.25, 0.3) is 5.91 Å². The van der Waals surface area contributed by atoms with Crippen molar-refractivity contribution in [1.82, 2.24) is 15.5 Å². The molecule has 0 unspecified atom stereocenters. The van der Waals surface area contributed by atoms with Gasteiger partial charge in [-0.15, -0.1) is 0 Å². The molecular formula is C21H25BrClF3N4O. The van der Waals surface area contributed by atoms with Crippen LogP contribution in [0.5, 0.6) is 0 Å². The number of halogens is 5. The Morgan fingerprint density at radius 2 is 2.00 bits per heavy atom. The van der Waals surface area contributed by atoms with Crippen LogP contribution < -0.4 is 10.6 Å². The van der Waals surface area contributed by atoms with Crippen LogP contribution in [0.25, 0.3) is 0 Å². The fraction of sp³-hybridized carbons (Fsp3) is 0.524. The predicted molar refractivity (Wildman–Crippen MR) is 118 cm³/mol. The largest absolute Gasteiger partial charge is 0.416 e. The monoisotopic (exact) mass is 520 g/mol. The molecule has 1 amide bonds. The zero-order chi connectivity index (χ0) is 22.6. The standard InChI is InChI=1S/C21H25BrClF3N4O/c1-2-3-17-18(22)19(30-29-17)27-11-12-4-7-14(8-5-12)28-20(31)15-10-13(21(24,25)26)6-9-16(15)23/h6,9-10,12,14H,2-5,7-8,11H2,1H3,(H,28,31)(H2,27,29,30). The summed E-state index contributed by atoms with van der Waals surface area (Å²) in [5, 5.41) is 13.6. The number of aromatic nitrogens is 2. The Balaban J connectivity index is 1.50. The SMILES string of the molecule is CCCc1[nH]nc(NCC2CCC(NC(=O)c3cc(C(F)(F)F)ccc3Cl)CC2)c1Br. The lowest BCUT2D eigenvalue weighted by molar-refractivity contribution is -0.137. The maximum atomic E-state index is 12.9. The van der Waals surface area contributed by atoms with E-state index in [1.807, 2.05) is 0 Å². The average molecular weight is 522 g/mol. The molecule has 0 bridgehead atoms. The van der Waals surface area contributed by atoms with Crippen LogP contribution in [0.2, 0.25) is 5.02 Å². The first kappa shape index (κ1) is 23.9. The van der Waals surface area contributed by atoms with E-state index in [9.17, 15) is 18.0 Å². The van der Waals surface area contributed by atoms with E-state index in [0.29, 0.717) is 5.92 Å². The molecule has 1 heterocycles. The van der Waals surface area contributed by atoms with E-state index in [1.165, 1.54) is 0 Å². The lowest BCUT2D eigenvalue weighted by atomic mass is 9.86. The zero-order valence-corrected chi connectivity index (χ0v) is 19.4. The summed E-state index contributed by atoms with van der Waals surface area (Å²) in [6, 6.07) is 2.71. The fourth-order valence-electron chi connectivity index (χ4n) is 3.79. The maximum Gasteiger partial charge on any atom is 0.416 e. The summed E-state index contributed by atoms with van der Waals surface area (Å²) in [7, 11) is 0. The molecule has 1 aliphatic carbocycles. The molecular weight excluding hydrogens is 497 g/mol. The molecule has 0 atom stereocenters.